The first-order valence-electron chi connectivity index (χ1n) is 8.31. The third kappa shape index (κ3) is 6.55. The van der Waals surface area contributed by atoms with Crippen molar-refractivity contribution in [3.8, 4) is 5.75 Å². The molecule has 0 atom stereocenters. The van der Waals surface area contributed by atoms with Gasteiger partial charge < -0.3 is 14.8 Å². The number of halogens is 3. The van der Waals surface area contributed by atoms with Crippen LogP contribution in [-0.4, -0.2) is 49.4 Å². The summed E-state index contributed by atoms with van der Waals surface area (Å²) in [4.78, 5) is 25.7. The molecule has 1 N–H and O–H groups in total. The molecule has 1 heterocycles. The Bertz CT molecular complexity index is 611. The van der Waals surface area contributed by atoms with Crippen molar-refractivity contribution in [3.63, 3.8) is 0 Å². The van der Waals surface area contributed by atoms with E-state index in [0.717, 1.165) is 12.1 Å². The van der Waals surface area contributed by atoms with Crippen LogP contribution in [0, 0.1) is 5.92 Å². The molecule has 0 bridgehead atoms. The molecule has 0 aliphatic carbocycles. The average Bonchev–Trinajstić information content (AvgIpc) is 2.56. The Morgan fingerprint density at radius 2 is 1.81 bits per heavy atom. The molecular formula is C17H21F3N2O4. The zero-order valence-electron chi connectivity index (χ0n) is 14.3. The lowest BCUT2D eigenvalue weighted by Gasteiger charge is -2.30. The van der Waals surface area contributed by atoms with Crippen LogP contribution >= 0.6 is 0 Å². The molecule has 2 rings (SSSR count). The van der Waals surface area contributed by atoms with Crippen molar-refractivity contribution in [1.29, 1.82) is 0 Å². The minimum Gasteiger partial charge on any atom is -0.466 e. The van der Waals surface area contributed by atoms with Gasteiger partial charge in [0.25, 0.3) is 0 Å². The van der Waals surface area contributed by atoms with Crippen LogP contribution in [0.2, 0.25) is 0 Å². The lowest BCUT2D eigenvalue weighted by Crippen LogP contribution is -2.41. The van der Waals surface area contributed by atoms with Crippen LogP contribution in [0.5, 0.6) is 5.75 Å². The molecule has 1 aromatic carbocycles. The number of piperidine rings is 1. The zero-order valence-corrected chi connectivity index (χ0v) is 14.3. The molecule has 0 aromatic heterocycles. The number of rotatable bonds is 6. The van der Waals surface area contributed by atoms with E-state index in [-0.39, 0.29) is 30.1 Å². The van der Waals surface area contributed by atoms with Crippen LogP contribution in [0.4, 0.5) is 18.9 Å². The van der Waals surface area contributed by atoms with E-state index in [1.807, 2.05) is 4.90 Å². The van der Waals surface area contributed by atoms with Crippen LogP contribution in [0.3, 0.4) is 0 Å². The predicted molar refractivity (Wildman–Crippen MR) is 87.6 cm³/mol. The second-order valence-electron chi connectivity index (χ2n) is 5.92. The standard InChI is InChI=1S/C17H21F3N2O4/c1-2-25-16(24)12-7-9-22(10-8-12)11-15(23)21-13-3-5-14(6-4-13)26-17(18,19)20/h3-6,12H,2,7-11H2,1H3,(H,21,23). The number of carbonyl (C=O) groups is 2. The molecule has 0 unspecified atom stereocenters. The Hall–Kier alpha value is -2.29. The largest absolute Gasteiger partial charge is 0.573 e. The topological polar surface area (TPSA) is 67.9 Å². The van der Waals surface area contributed by atoms with Gasteiger partial charge in [-0.25, -0.2) is 0 Å². The molecule has 0 spiro atoms. The van der Waals surface area contributed by atoms with E-state index in [1.54, 1.807) is 6.92 Å². The molecule has 1 amide bonds. The van der Waals surface area contributed by atoms with Gasteiger partial charge in [0.15, 0.2) is 0 Å². The van der Waals surface area contributed by atoms with E-state index in [2.05, 4.69) is 10.1 Å². The van der Waals surface area contributed by atoms with Crippen molar-refractivity contribution >= 4 is 17.6 Å². The number of nitrogens with zero attached hydrogens (tertiary/aromatic N) is 1. The van der Waals surface area contributed by atoms with E-state index in [9.17, 15) is 22.8 Å². The Morgan fingerprint density at radius 1 is 1.19 bits per heavy atom. The number of anilines is 1. The Labute approximate surface area is 149 Å². The molecule has 1 aromatic rings. The number of amides is 1. The van der Waals surface area contributed by atoms with Gasteiger partial charge in [0.1, 0.15) is 5.75 Å². The highest BCUT2D eigenvalue weighted by atomic mass is 19.4. The van der Waals surface area contributed by atoms with Crippen LogP contribution in [0.15, 0.2) is 24.3 Å². The van der Waals surface area contributed by atoms with Crippen molar-refractivity contribution < 1.29 is 32.2 Å². The third-order valence-electron chi connectivity index (χ3n) is 3.95. The highest BCUT2D eigenvalue weighted by Crippen LogP contribution is 2.24. The van der Waals surface area contributed by atoms with E-state index >= 15 is 0 Å². The Balaban J connectivity index is 1.76. The van der Waals surface area contributed by atoms with Crippen LogP contribution in [-0.2, 0) is 14.3 Å². The van der Waals surface area contributed by atoms with Crippen molar-refractivity contribution in [2.45, 2.75) is 26.1 Å². The second-order valence-corrected chi connectivity index (χ2v) is 5.92. The third-order valence-corrected chi connectivity index (χ3v) is 3.95. The van der Waals surface area contributed by atoms with Crippen LogP contribution in [0.1, 0.15) is 19.8 Å². The lowest BCUT2D eigenvalue weighted by molar-refractivity contribution is -0.274. The van der Waals surface area contributed by atoms with Crippen molar-refractivity contribution in [2.75, 3.05) is 31.6 Å². The first-order valence-corrected chi connectivity index (χ1v) is 8.31. The average molecular weight is 374 g/mol. The number of likely N-dealkylation sites (tertiary alicyclic amines) is 1. The summed E-state index contributed by atoms with van der Waals surface area (Å²) in [5.74, 6) is -0.950. The quantitative estimate of drug-likeness (QED) is 0.776. The molecule has 6 nitrogen and oxygen atoms in total. The summed E-state index contributed by atoms with van der Waals surface area (Å²) < 4.78 is 45.1. The van der Waals surface area contributed by atoms with E-state index in [4.69, 9.17) is 4.74 Å². The molecule has 9 heteroatoms. The highest BCUT2D eigenvalue weighted by Gasteiger charge is 2.31. The molecule has 1 fully saturated rings. The summed E-state index contributed by atoms with van der Waals surface area (Å²) in [6, 6.07) is 4.94. The molecular weight excluding hydrogens is 353 g/mol. The van der Waals surface area contributed by atoms with Crippen LogP contribution in [0.25, 0.3) is 0 Å². The number of carbonyl (C=O) groups excluding carboxylic acids is 2. The lowest BCUT2D eigenvalue weighted by atomic mass is 9.97. The van der Waals surface area contributed by atoms with Gasteiger partial charge in [-0.3, -0.25) is 14.5 Å². The molecule has 1 aliphatic rings. The minimum atomic E-state index is -4.75. The summed E-state index contributed by atoms with van der Waals surface area (Å²) in [6.07, 6.45) is -3.48. The van der Waals surface area contributed by atoms with E-state index < -0.39 is 6.36 Å². The SMILES string of the molecule is CCOC(=O)C1CCN(CC(=O)Nc2ccc(OC(F)(F)F)cc2)CC1. The van der Waals surface area contributed by atoms with Gasteiger partial charge in [0.05, 0.1) is 19.1 Å². The highest BCUT2D eigenvalue weighted by molar-refractivity contribution is 5.92. The first kappa shape index (κ1) is 20.0. The summed E-state index contributed by atoms with van der Waals surface area (Å²) in [5.41, 5.74) is 0.380. The van der Waals surface area contributed by atoms with Gasteiger partial charge >= 0.3 is 12.3 Å². The number of esters is 1. The smallest absolute Gasteiger partial charge is 0.466 e. The fraction of sp³-hybridized carbons (Fsp3) is 0.529. The molecule has 144 valence electrons. The van der Waals surface area contributed by atoms with E-state index in [0.29, 0.717) is 38.2 Å². The van der Waals surface area contributed by atoms with Crippen molar-refractivity contribution in [1.82, 2.24) is 4.90 Å². The molecule has 0 radical (unpaired) electrons. The summed E-state index contributed by atoms with van der Waals surface area (Å²) in [5, 5.41) is 2.62. The normalized spacial score (nSPS) is 16.2. The van der Waals surface area contributed by atoms with Crippen LogP contribution < -0.4 is 10.1 Å². The Kier molecular flexibility index (Phi) is 6.84. The second kappa shape index (κ2) is 8.88. The van der Waals surface area contributed by atoms with Gasteiger partial charge in [-0.05, 0) is 57.1 Å². The molecule has 1 saturated heterocycles. The summed E-state index contributed by atoms with van der Waals surface area (Å²) in [7, 11) is 0. The fourth-order valence-corrected chi connectivity index (χ4v) is 2.73. The maximum atomic E-state index is 12.1. The fourth-order valence-electron chi connectivity index (χ4n) is 2.73. The van der Waals surface area contributed by atoms with Gasteiger partial charge in [0, 0.05) is 5.69 Å². The maximum Gasteiger partial charge on any atom is 0.573 e. The number of ether oxygens (including phenoxy) is 2. The number of benzene rings is 1. The number of nitrogens with one attached hydrogen (secondary N) is 1. The summed E-state index contributed by atoms with van der Waals surface area (Å²) in [6.45, 7) is 3.48. The van der Waals surface area contributed by atoms with Gasteiger partial charge in [-0.15, -0.1) is 13.2 Å². The monoisotopic (exact) mass is 374 g/mol. The molecule has 0 saturated carbocycles. The minimum absolute atomic E-state index is 0.129. The molecule has 26 heavy (non-hydrogen) atoms. The summed E-state index contributed by atoms with van der Waals surface area (Å²) >= 11 is 0. The van der Waals surface area contributed by atoms with Gasteiger partial charge in [0.2, 0.25) is 5.91 Å². The Morgan fingerprint density at radius 3 is 2.35 bits per heavy atom. The zero-order chi connectivity index (χ0) is 19.2. The maximum absolute atomic E-state index is 12.1. The first-order chi connectivity index (χ1) is 12.3. The van der Waals surface area contributed by atoms with Crippen molar-refractivity contribution in [2.24, 2.45) is 5.92 Å². The van der Waals surface area contributed by atoms with Gasteiger partial charge in [-0.2, -0.15) is 0 Å². The number of hydrogen-bond donors (Lipinski definition) is 1. The number of alkyl halides is 3. The van der Waals surface area contributed by atoms with Crippen molar-refractivity contribution in [3.05, 3.63) is 24.3 Å². The van der Waals surface area contributed by atoms with Gasteiger partial charge in [-0.1, -0.05) is 0 Å². The van der Waals surface area contributed by atoms with E-state index in [1.165, 1.54) is 12.1 Å². The number of hydrogen-bond acceptors (Lipinski definition) is 5. The molecule has 1 aliphatic heterocycles. The predicted octanol–water partition coefficient (Wildman–Crippen LogP) is 2.80.